The van der Waals surface area contributed by atoms with Gasteiger partial charge in [0, 0.05) is 22.8 Å². The average molecular weight is 414 g/mol. The monoisotopic (exact) mass is 413 g/mol. The van der Waals surface area contributed by atoms with Crippen molar-refractivity contribution in [2.24, 2.45) is 0 Å². The highest BCUT2D eigenvalue weighted by molar-refractivity contribution is 7.80. The van der Waals surface area contributed by atoms with Crippen LogP contribution in [-0.2, 0) is 5.54 Å². The Morgan fingerprint density at radius 2 is 1.93 bits per heavy atom. The van der Waals surface area contributed by atoms with Gasteiger partial charge in [-0.1, -0.05) is 50.6 Å². The second-order valence-electron chi connectivity index (χ2n) is 7.11. The van der Waals surface area contributed by atoms with Gasteiger partial charge in [-0.15, -0.1) is 0 Å². The number of fused-ring (bicyclic) bond motifs is 3. The van der Waals surface area contributed by atoms with Crippen molar-refractivity contribution in [3.63, 3.8) is 0 Å². The number of benzene rings is 2. The van der Waals surface area contributed by atoms with Crippen molar-refractivity contribution < 1.29 is 9.53 Å². The molecule has 27 heavy (non-hydrogen) atoms. The summed E-state index contributed by atoms with van der Waals surface area (Å²) in [6.45, 7) is 6.16. The summed E-state index contributed by atoms with van der Waals surface area (Å²) in [4.78, 5) is 16.6. The number of carbonyl (C=O) groups is 1. The number of aryl methyl sites for hydroxylation is 1. The number of rotatable bonds is 2. The van der Waals surface area contributed by atoms with Gasteiger partial charge in [-0.2, -0.15) is 0 Å². The third kappa shape index (κ3) is 2.83. The summed E-state index contributed by atoms with van der Waals surface area (Å²) in [6, 6.07) is 13.6. The highest BCUT2D eigenvalue weighted by atomic mass is 32.9. The van der Waals surface area contributed by atoms with Crippen LogP contribution in [0.15, 0.2) is 42.5 Å². The largest absolute Gasteiger partial charge is 0.497 e. The zero-order valence-electron chi connectivity index (χ0n) is 15.5. The molecular formula is C21H19NO2S3. The van der Waals surface area contributed by atoms with Crippen molar-refractivity contribution in [2.75, 3.05) is 12.0 Å². The number of methoxy groups -OCH3 is 1. The number of hydrogen-bond donors (Lipinski definition) is 0. The van der Waals surface area contributed by atoms with E-state index in [1.807, 2.05) is 54.3 Å². The van der Waals surface area contributed by atoms with Gasteiger partial charge in [-0.05, 0) is 45.0 Å². The van der Waals surface area contributed by atoms with Crippen LogP contribution in [0, 0.1) is 10.7 Å². The molecule has 1 aromatic heterocycles. The lowest BCUT2D eigenvalue weighted by atomic mass is 9.86. The van der Waals surface area contributed by atoms with E-state index >= 15 is 0 Å². The van der Waals surface area contributed by atoms with Crippen LogP contribution in [0.3, 0.4) is 0 Å². The molecule has 1 aliphatic heterocycles. The summed E-state index contributed by atoms with van der Waals surface area (Å²) in [6.07, 6.45) is 0. The molecule has 0 fully saturated rings. The number of amides is 1. The van der Waals surface area contributed by atoms with E-state index in [4.69, 9.17) is 17.0 Å². The summed E-state index contributed by atoms with van der Waals surface area (Å²) in [7, 11) is 4.90. The molecule has 0 saturated heterocycles. The standard InChI is InChI=1S/C21H19NO2S3/c1-12-6-5-7-13(10-12)19(23)22-16-11-14(24-4)8-9-15(16)17-18(21(22,2)3)26-27-20(17)25/h5-11H,1-4H3. The molecule has 3 nitrogen and oxygen atoms in total. The lowest BCUT2D eigenvalue weighted by Gasteiger charge is -2.43. The molecule has 1 aliphatic rings. The minimum absolute atomic E-state index is 0.0202. The van der Waals surface area contributed by atoms with Gasteiger partial charge in [0.15, 0.2) is 0 Å². The van der Waals surface area contributed by atoms with Crippen molar-refractivity contribution in [3.8, 4) is 16.9 Å². The number of nitrogens with zero attached hydrogens (tertiary/aromatic N) is 1. The van der Waals surface area contributed by atoms with Crippen molar-refractivity contribution >= 4 is 44.5 Å². The molecule has 6 heteroatoms. The average Bonchev–Trinajstić information content (AvgIpc) is 3.04. The second-order valence-corrected chi connectivity index (χ2v) is 9.93. The van der Waals surface area contributed by atoms with Crippen LogP contribution in [0.2, 0.25) is 0 Å². The molecule has 0 N–H and O–H groups in total. The van der Waals surface area contributed by atoms with Gasteiger partial charge < -0.3 is 4.74 Å². The van der Waals surface area contributed by atoms with Crippen LogP contribution in [0.25, 0.3) is 11.1 Å². The maximum absolute atomic E-state index is 13.6. The molecule has 0 radical (unpaired) electrons. The molecule has 0 aliphatic carbocycles. The molecule has 0 unspecified atom stereocenters. The van der Waals surface area contributed by atoms with E-state index in [0.717, 1.165) is 36.8 Å². The quantitative estimate of drug-likeness (QED) is 0.359. The summed E-state index contributed by atoms with van der Waals surface area (Å²) >= 11 is 5.62. The molecule has 2 heterocycles. The van der Waals surface area contributed by atoms with Gasteiger partial charge in [0.1, 0.15) is 9.57 Å². The summed E-state index contributed by atoms with van der Waals surface area (Å²) in [5, 5.41) is 0. The maximum Gasteiger partial charge on any atom is 0.259 e. The van der Waals surface area contributed by atoms with Gasteiger partial charge in [0.2, 0.25) is 0 Å². The molecule has 0 saturated carbocycles. The van der Waals surface area contributed by atoms with Crippen LogP contribution in [0.1, 0.15) is 34.6 Å². The Balaban J connectivity index is 1.99. The minimum Gasteiger partial charge on any atom is -0.497 e. The van der Waals surface area contributed by atoms with Crippen LogP contribution < -0.4 is 9.64 Å². The molecule has 3 aromatic rings. The van der Waals surface area contributed by atoms with Crippen LogP contribution in [0.4, 0.5) is 5.69 Å². The molecule has 138 valence electrons. The van der Waals surface area contributed by atoms with Crippen molar-refractivity contribution in [3.05, 3.63) is 62.3 Å². The molecule has 4 rings (SSSR count). The highest BCUT2D eigenvalue weighted by Crippen LogP contribution is 2.53. The van der Waals surface area contributed by atoms with E-state index in [1.165, 1.54) is 0 Å². The smallest absolute Gasteiger partial charge is 0.259 e. The summed E-state index contributed by atoms with van der Waals surface area (Å²) < 4.78 is 6.31. The zero-order valence-corrected chi connectivity index (χ0v) is 18.0. The summed E-state index contributed by atoms with van der Waals surface area (Å²) in [5.74, 6) is 0.702. The number of anilines is 1. The third-order valence-corrected chi connectivity index (χ3v) is 8.26. The third-order valence-electron chi connectivity index (χ3n) is 4.93. The molecule has 0 bridgehead atoms. The molecule has 2 aromatic carbocycles. The second kappa shape index (κ2) is 6.55. The predicted octanol–water partition coefficient (Wildman–Crippen LogP) is 6.42. The van der Waals surface area contributed by atoms with Crippen molar-refractivity contribution in [1.82, 2.24) is 0 Å². The fraction of sp³-hybridized carbons (Fsp3) is 0.238. The van der Waals surface area contributed by atoms with E-state index in [9.17, 15) is 4.79 Å². The molecule has 1 amide bonds. The summed E-state index contributed by atoms with van der Waals surface area (Å²) in [5.41, 5.74) is 4.15. The van der Waals surface area contributed by atoms with Crippen molar-refractivity contribution in [1.29, 1.82) is 0 Å². The molecule has 0 spiro atoms. The van der Waals surface area contributed by atoms with E-state index in [2.05, 4.69) is 13.8 Å². The Morgan fingerprint density at radius 1 is 1.15 bits per heavy atom. The van der Waals surface area contributed by atoms with Gasteiger partial charge in [-0.25, -0.2) is 0 Å². The number of hydrogen-bond acceptors (Lipinski definition) is 5. The predicted molar refractivity (Wildman–Crippen MR) is 116 cm³/mol. The Morgan fingerprint density at radius 3 is 2.63 bits per heavy atom. The Labute approximate surface area is 171 Å². The SMILES string of the molecule is COc1ccc2c(c1)N(C(=O)c1cccc(C)c1)C(C)(C)c1ssc(=S)c1-2. The van der Waals surface area contributed by atoms with Gasteiger partial charge in [-0.3, -0.25) is 9.69 Å². The fourth-order valence-electron chi connectivity index (χ4n) is 3.60. The normalized spacial score (nSPS) is 14.4. The maximum atomic E-state index is 13.6. The van der Waals surface area contributed by atoms with E-state index in [1.54, 1.807) is 27.8 Å². The lowest BCUT2D eigenvalue weighted by molar-refractivity contribution is 0.0961. The first-order valence-electron chi connectivity index (χ1n) is 8.58. The lowest BCUT2D eigenvalue weighted by Crippen LogP contribution is -2.47. The number of ether oxygens (including phenoxy) is 1. The Bertz CT molecular complexity index is 1110. The van der Waals surface area contributed by atoms with Gasteiger partial charge in [0.05, 0.1) is 23.2 Å². The van der Waals surface area contributed by atoms with Crippen molar-refractivity contribution in [2.45, 2.75) is 26.3 Å². The van der Waals surface area contributed by atoms with E-state index in [0.29, 0.717) is 5.56 Å². The zero-order chi connectivity index (χ0) is 19.3. The Kier molecular flexibility index (Phi) is 4.45. The Hall–Kier alpha value is -2.02. The number of carbonyl (C=O) groups excluding carboxylic acids is 1. The van der Waals surface area contributed by atoms with Gasteiger partial charge in [0.25, 0.3) is 5.91 Å². The van der Waals surface area contributed by atoms with Crippen LogP contribution in [-0.4, -0.2) is 13.0 Å². The van der Waals surface area contributed by atoms with E-state index < -0.39 is 5.54 Å². The van der Waals surface area contributed by atoms with Crippen LogP contribution in [0.5, 0.6) is 5.75 Å². The first-order chi connectivity index (χ1) is 12.8. The topological polar surface area (TPSA) is 29.5 Å². The van der Waals surface area contributed by atoms with E-state index in [-0.39, 0.29) is 5.91 Å². The minimum atomic E-state index is -0.506. The highest BCUT2D eigenvalue weighted by Gasteiger charge is 2.43. The van der Waals surface area contributed by atoms with Gasteiger partial charge >= 0.3 is 0 Å². The fourth-order valence-corrected chi connectivity index (χ4v) is 6.88. The van der Waals surface area contributed by atoms with Crippen LogP contribution >= 0.6 is 32.9 Å². The first-order valence-corrected chi connectivity index (χ1v) is 11.1. The molecular weight excluding hydrogens is 394 g/mol. The first kappa shape index (κ1) is 18.3. The molecule has 0 atom stereocenters.